The highest BCUT2D eigenvalue weighted by Crippen LogP contribution is 2.33. The van der Waals surface area contributed by atoms with E-state index in [1.54, 1.807) is 19.1 Å². The zero-order chi connectivity index (χ0) is 11.4. The minimum atomic E-state index is -0.450. The van der Waals surface area contributed by atoms with Gasteiger partial charge >= 0.3 is 0 Å². The summed E-state index contributed by atoms with van der Waals surface area (Å²) in [6.45, 7) is 1.66. The molecule has 0 heterocycles. The number of carbonyl (C=O) groups excluding carboxylic acids is 1. The summed E-state index contributed by atoms with van der Waals surface area (Å²) in [5.74, 6) is -0.450. The van der Waals surface area contributed by atoms with E-state index in [0.717, 1.165) is 11.2 Å². The quantitative estimate of drug-likeness (QED) is 0.342. The van der Waals surface area contributed by atoms with Crippen LogP contribution >= 0.6 is 11.8 Å². The second kappa shape index (κ2) is 4.93. The topological polar surface area (TPSA) is 60.2 Å². The molecule has 80 valence electrons. The predicted octanol–water partition coefficient (Wildman–Crippen LogP) is 2.62. The molecule has 0 aromatic heterocycles. The van der Waals surface area contributed by atoms with E-state index in [4.69, 9.17) is 0 Å². The lowest BCUT2D eigenvalue weighted by Crippen LogP contribution is -2.02. The second-order valence-corrected chi connectivity index (χ2v) is 3.92. The first-order valence-electron chi connectivity index (χ1n) is 4.38. The van der Waals surface area contributed by atoms with Gasteiger partial charge in [-0.05, 0) is 12.3 Å². The molecule has 1 unspecified atom stereocenters. The van der Waals surface area contributed by atoms with Crippen molar-refractivity contribution in [3.63, 3.8) is 0 Å². The number of nitro groups is 1. The summed E-state index contributed by atoms with van der Waals surface area (Å²) in [7, 11) is 0. The van der Waals surface area contributed by atoms with Crippen LogP contribution in [0, 0.1) is 10.1 Å². The molecule has 1 aromatic carbocycles. The molecule has 5 heteroatoms. The fraction of sp³-hybridized carbons (Fsp3) is 0.300. The smallest absolute Gasteiger partial charge is 0.274 e. The number of nitrogens with zero attached hydrogens (tertiary/aromatic N) is 1. The van der Waals surface area contributed by atoms with E-state index in [1.165, 1.54) is 17.8 Å². The molecule has 0 amide bonds. The summed E-state index contributed by atoms with van der Waals surface area (Å²) < 4.78 is 0. The van der Waals surface area contributed by atoms with E-state index in [-0.39, 0.29) is 5.69 Å². The van der Waals surface area contributed by atoms with Gasteiger partial charge in [-0.1, -0.05) is 13.0 Å². The monoisotopic (exact) mass is 225 g/mol. The van der Waals surface area contributed by atoms with Crippen LogP contribution in [0.5, 0.6) is 0 Å². The van der Waals surface area contributed by atoms with Gasteiger partial charge in [-0.2, -0.15) is 0 Å². The Kier molecular flexibility index (Phi) is 3.85. The number of benzene rings is 1. The number of thioether (sulfide) groups is 1. The molecule has 0 bridgehead atoms. The van der Waals surface area contributed by atoms with Crippen LogP contribution in [0.4, 0.5) is 5.69 Å². The van der Waals surface area contributed by atoms with Gasteiger partial charge in [0.25, 0.3) is 5.69 Å². The zero-order valence-corrected chi connectivity index (χ0v) is 9.28. The summed E-state index contributed by atoms with van der Waals surface area (Å²) in [5.41, 5.74) is 0.520. The van der Waals surface area contributed by atoms with Crippen molar-refractivity contribution in [3.8, 4) is 0 Å². The summed E-state index contributed by atoms with van der Waals surface area (Å²) in [6.07, 6.45) is 2.56. The van der Waals surface area contributed by atoms with Gasteiger partial charge in [0.1, 0.15) is 6.29 Å². The molecule has 0 N–H and O–H groups in total. The Morgan fingerprint density at radius 1 is 1.53 bits per heavy atom. The molecule has 0 aliphatic heterocycles. The average Bonchev–Trinajstić information content (AvgIpc) is 2.26. The third kappa shape index (κ3) is 2.36. The van der Waals surface area contributed by atoms with Crippen LogP contribution in [-0.2, 0) is 4.79 Å². The van der Waals surface area contributed by atoms with E-state index >= 15 is 0 Å². The van der Waals surface area contributed by atoms with Crippen molar-refractivity contribution in [2.75, 3.05) is 6.26 Å². The fourth-order valence-corrected chi connectivity index (χ4v) is 2.12. The maximum absolute atomic E-state index is 10.8. The van der Waals surface area contributed by atoms with E-state index in [9.17, 15) is 14.9 Å². The predicted molar refractivity (Wildman–Crippen MR) is 59.4 cm³/mol. The third-order valence-corrected chi connectivity index (χ3v) is 2.92. The van der Waals surface area contributed by atoms with Crippen molar-refractivity contribution in [2.45, 2.75) is 17.7 Å². The lowest BCUT2D eigenvalue weighted by molar-refractivity contribution is -0.385. The van der Waals surface area contributed by atoms with Crippen molar-refractivity contribution >= 4 is 23.7 Å². The first kappa shape index (κ1) is 11.7. The van der Waals surface area contributed by atoms with Crippen LogP contribution in [-0.4, -0.2) is 17.5 Å². The Balaban J connectivity index is 3.39. The summed E-state index contributed by atoms with van der Waals surface area (Å²) in [4.78, 5) is 21.8. The van der Waals surface area contributed by atoms with Gasteiger partial charge in [-0.3, -0.25) is 10.1 Å². The zero-order valence-electron chi connectivity index (χ0n) is 8.47. The molecule has 0 fully saturated rings. The molecular formula is C10H11NO3S. The lowest BCUT2D eigenvalue weighted by Gasteiger charge is -2.09. The highest BCUT2D eigenvalue weighted by molar-refractivity contribution is 7.98. The van der Waals surface area contributed by atoms with Crippen molar-refractivity contribution in [1.29, 1.82) is 0 Å². The van der Waals surface area contributed by atoms with Gasteiger partial charge in [0.05, 0.1) is 10.5 Å². The lowest BCUT2D eigenvalue weighted by atomic mass is 10.0. The molecule has 0 radical (unpaired) electrons. The molecule has 0 spiro atoms. The normalized spacial score (nSPS) is 12.1. The van der Waals surface area contributed by atoms with Gasteiger partial charge in [-0.15, -0.1) is 11.8 Å². The molecule has 1 rings (SSSR count). The molecule has 0 aliphatic rings. The molecule has 0 saturated carbocycles. The highest BCUT2D eigenvalue weighted by Gasteiger charge is 2.21. The van der Waals surface area contributed by atoms with Gasteiger partial charge in [0, 0.05) is 16.9 Å². The van der Waals surface area contributed by atoms with Crippen LogP contribution in [0.2, 0.25) is 0 Å². The van der Waals surface area contributed by atoms with Crippen molar-refractivity contribution in [1.82, 2.24) is 0 Å². The number of nitro benzene ring substituents is 1. The van der Waals surface area contributed by atoms with E-state index in [1.807, 2.05) is 6.26 Å². The molecule has 0 aliphatic carbocycles. The minimum Gasteiger partial charge on any atom is -0.303 e. The second-order valence-electron chi connectivity index (χ2n) is 3.07. The number of carbonyl (C=O) groups is 1. The maximum Gasteiger partial charge on any atom is 0.274 e. The van der Waals surface area contributed by atoms with Gasteiger partial charge in [0.15, 0.2) is 0 Å². The third-order valence-electron chi connectivity index (χ3n) is 2.12. The van der Waals surface area contributed by atoms with Crippen LogP contribution in [0.1, 0.15) is 18.4 Å². The maximum atomic E-state index is 10.8. The van der Waals surface area contributed by atoms with Crippen LogP contribution in [0.15, 0.2) is 23.1 Å². The highest BCUT2D eigenvalue weighted by atomic mass is 32.2. The van der Waals surface area contributed by atoms with E-state index in [0.29, 0.717) is 5.56 Å². The molecule has 0 saturated heterocycles. The largest absolute Gasteiger partial charge is 0.303 e. The van der Waals surface area contributed by atoms with Crippen LogP contribution in [0.3, 0.4) is 0 Å². The fourth-order valence-electron chi connectivity index (χ4n) is 1.40. The number of aldehydes is 1. The summed E-state index contributed by atoms with van der Waals surface area (Å²) in [5, 5.41) is 10.8. The van der Waals surface area contributed by atoms with Crippen LogP contribution < -0.4 is 0 Å². The molecule has 1 atom stereocenters. The Morgan fingerprint density at radius 2 is 2.20 bits per heavy atom. The first-order valence-corrected chi connectivity index (χ1v) is 5.60. The van der Waals surface area contributed by atoms with Crippen molar-refractivity contribution < 1.29 is 9.72 Å². The average molecular weight is 225 g/mol. The minimum absolute atomic E-state index is 0.0152. The van der Waals surface area contributed by atoms with Gasteiger partial charge < -0.3 is 4.79 Å². The molecule has 4 nitrogen and oxygen atoms in total. The molecule has 15 heavy (non-hydrogen) atoms. The summed E-state index contributed by atoms with van der Waals surface area (Å²) >= 11 is 1.41. The number of rotatable bonds is 4. The van der Waals surface area contributed by atoms with E-state index in [2.05, 4.69) is 0 Å². The Hall–Kier alpha value is -1.36. The first-order chi connectivity index (χ1) is 7.11. The molecule has 1 aromatic rings. The number of hydrogen-bond acceptors (Lipinski definition) is 4. The van der Waals surface area contributed by atoms with Crippen molar-refractivity contribution in [2.24, 2.45) is 0 Å². The Bertz CT molecular complexity index is 392. The van der Waals surface area contributed by atoms with E-state index < -0.39 is 10.8 Å². The van der Waals surface area contributed by atoms with Gasteiger partial charge in [0.2, 0.25) is 0 Å². The molecular weight excluding hydrogens is 214 g/mol. The van der Waals surface area contributed by atoms with Crippen molar-refractivity contribution in [3.05, 3.63) is 33.9 Å². The number of hydrogen-bond donors (Lipinski definition) is 0. The van der Waals surface area contributed by atoms with Crippen LogP contribution in [0.25, 0.3) is 0 Å². The Morgan fingerprint density at radius 3 is 2.67 bits per heavy atom. The Labute approximate surface area is 91.8 Å². The summed E-state index contributed by atoms with van der Waals surface area (Å²) in [6, 6.07) is 4.84. The standard InChI is InChI=1S/C10H11NO3S/c1-7(6-12)10-8(11(13)14)4-3-5-9(10)15-2/h3-7H,1-2H3. The SMILES string of the molecule is CSc1cccc([N+](=O)[O-])c1C(C)C=O. The van der Waals surface area contributed by atoms with Gasteiger partial charge in [-0.25, -0.2) is 0 Å².